The third kappa shape index (κ3) is 5.20. The number of carbonyl (C=O) groups is 1. The lowest BCUT2D eigenvalue weighted by Gasteiger charge is -2.29. The van der Waals surface area contributed by atoms with E-state index in [0.29, 0.717) is 40.6 Å². The molecule has 11 heteroatoms. The number of nitrogens with zero attached hydrogens (tertiary/aromatic N) is 2. The van der Waals surface area contributed by atoms with Crippen LogP contribution >= 0.6 is 15.9 Å². The number of methoxy groups -OCH3 is 1. The molecule has 214 valence electrons. The largest absolute Gasteiger partial charge is 0.363 e. The minimum atomic E-state index is -4.07. The van der Waals surface area contributed by atoms with Crippen molar-refractivity contribution in [1.82, 2.24) is 15.8 Å². The van der Waals surface area contributed by atoms with Gasteiger partial charge >= 0.3 is 0 Å². The van der Waals surface area contributed by atoms with E-state index in [4.69, 9.17) is 9.26 Å². The van der Waals surface area contributed by atoms with Crippen LogP contribution in [0.5, 0.6) is 0 Å². The monoisotopic (exact) mass is 630 g/mol. The summed E-state index contributed by atoms with van der Waals surface area (Å²) in [7, 11) is -0.772. The summed E-state index contributed by atoms with van der Waals surface area (Å²) in [4.78, 5) is 13.2. The first-order valence-electron chi connectivity index (χ1n) is 13.3. The summed E-state index contributed by atoms with van der Waals surface area (Å²) in [5, 5.41) is 10.9. The van der Waals surface area contributed by atoms with E-state index in [1.54, 1.807) is 32.0 Å². The summed E-state index contributed by atoms with van der Waals surface area (Å²) in [6.45, 7) is 3.67. The molecule has 5 rings (SSSR count). The molecule has 2 aliphatic rings. The molecule has 2 aromatic carbocycles. The second-order valence-corrected chi connectivity index (χ2v) is 13.2. The number of sulfonamides is 1. The molecule has 2 fully saturated rings. The highest BCUT2D eigenvalue weighted by atomic mass is 79.9. The SMILES string of the molecule is CNC1(C(=O)NCc2ccc(-c3ccccc3S(=O)(=O)N(COC)c3noc(C)c3C)c(CBr)c2)CC2CC2C1. The third-order valence-corrected chi connectivity index (χ3v) is 10.7. The summed E-state index contributed by atoms with van der Waals surface area (Å²) >= 11 is 3.58. The number of aryl methyl sites for hydroxylation is 1. The van der Waals surface area contributed by atoms with Crippen LogP contribution in [0.15, 0.2) is 51.9 Å². The highest BCUT2D eigenvalue weighted by Gasteiger charge is 2.56. The van der Waals surface area contributed by atoms with E-state index >= 15 is 0 Å². The molecule has 0 saturated heterocycles. The zero-order valence-corrected chi connectivity index (χ0v) is 25.6. The molecule has 0 radical (unpaired) electrons. The van der Waals surface area contributed by atoms with E-state index in [2.05, 4.69) is 31.7 Å². The van der Waals surface area contributed by atoms with E-state index in [1.165, 1.54) is 13.5 Å². The summed E-state index contributed by atoms with van der Waals surface area (Å²) < 4.78 is 39.7. The number of aromatic nitrogens is 1. The highest BCUT2D eigenvalue weighted by molar-refractivity contribution is 9.08. The van der Waals surface area contributed by atoms with Crippen molar-refractivity contribution in [2.45, 2.75) is 55.4 Å². The van der Waals surface area contributed by atoms with Gasteiger partial charge in [-0.25, -0.2) is 12.7 Å². The van der Waals surface area contributed by atoms with Gasteiger partial charge in [0.1, 0.15) is 12.5 Å². The molecule has 0 spiro atoms. The predicted octanol–water partition coefficient (Wildman–Crippen LogP) is 4.66. The molecule has 2 aliphatic carbocycles. The first-order valence-corrected chi connectivity index (χ1v) is 15.9. The lowest BCUT2D eigenvalue weighted by molar-refractivity contribution is -0.127. The molecule has 0 bridgehead atoms. The van der Waals surface area contributed by atoms with Crippen LogP contribution in [0.1, 0.15) is 41.7 Å². The van der Waals surface area contributed by atoms with Crippen molar-refractivity contribution in [3.05, 3.63) is 64.9 Å². The van der Waals surface area contributed by atoms with E-state index in [0.717, 1.165) is 33.8 Å². The van der Waals surface area contributed by atoms with Crippen molar-refractivity contribution in [1.29, 1.82) is 0 Å². The Morgan fingerprint density at radius 2 is 1.90 bits per heavy atom. The van der Waals surface area contributed by atoms with Crippen LogP contribution in [0.25, 0.3) is 11.1 Å². The van der Waals surface area contributed by atoms with Gasteiger partial charge in [-0.3, -0.25) is 4.79 Å². The Hall–Kier alpha value is -2.73. The maximum Gasteiger partial charge on any atom is 0.268 e. The Balaban J connectivity index is 1.43. The van der Waals surface area contributed by atoms with Gasteiger partial charge in [-0.1, -0.05) is 57.5 Å². The van der Waals surface area contributed by atoms with E-state index in [1.807, 2.05) is 31.3 Å². The number of likely N-dealkylation sites (N-methyl/N-ethyl adjacent to an activating group) is 1. The first-order chi connectivity index (χ1) is 19.1. The number of ether oxygens (including phenoxy) is 1. The van der Waals surface area contributed by atoms with Gasteiger partial charge < -0.3 is 19.9 Å². The van der Waals surface area contributed by atoms with Gasteiger partial charge in [0.2, 0.25) is 5.91 Å². The number of hydrogen-bond acceptors (Lipinski definition) is 7. The minimum Gasteiger partial charge on any atom is -0.363 e. The number of hydrogen-bond donors (Lipinski definition) is 2. The molecule has 2 unspecified atom stereocenters. The van der Waals surface area contributed by atoms with Crippen LogP contribution in [-0.4, -0.2) is 45.9 Å². The van der Waals surface area contributed by atoms with Crippen LogP contribution < -0.4 is 14.9 Å². The number of nitrogens with one attached hydrogen (secondary N) is 2. The van der Waals surface area contributed by atoms with Crippen molar-refractivity contribution < 1.29 is 22.5 Å². The third-order valence-electron chi connectivity index (χ3n) is 8.33. The number of benzene rings is 2. The van der Waals surface area contributed by atoms with E-state index < -0.39 is 15.6 Å². The number of anilines is 1. The molecule has 2 atom stereocenters. The molecule has 9 nitrogen and oxygen atoms in total. The van der Waals surface area contributed by atoms with Gasteiger partial charge in [-0.2, -0.15) is 0 Å². The maximum absolute atomic E-state index is 14.0. The van der Waals surface area contributed by atoms with Gasteiger partial charge in [-0.15, -0.1) is 0 Å². The number of alkyl halides is 1. The molecule has 2 saturated carbocycles. The standard InChI is InChI=1S/C29H35BrN4O5S/c1-18-19(2)39-33-27(18)34(17-38-4)40(36,37)26-8-6-5-7-25(26)24-10-9-20(11-23(24)15-30)16-32-28(35)29(31-3)13-21-12-22(21)14-29/h5-11,21-22,31H,12-17H2,1-4H3,(H,32,35). The molecule has 1 aromatic heterocycles. The molecular formula is C29H35BrN4O5S. The molecule has 3 aromatic rings. The Kier molecular flexibility index (Phi) is 8.11. The smallest absolute Gasteiger partial charge is 0.268 e. The quantitative estimate of drug-likeness (QED) is 0.234. The number of amides is 1. The summed E-state index contributed by atoms with van der Waals surface area (Å²) in [6, 6.07) is 12.7. The van der Waals surface area contributed by atoms with Gasteiger partial charge in [0.05, 0.1) is 10.4 Å². The van der Waals surface area contributed by atoms with Gasteiger partial charge in [0, 0.05) is 30.1 Å². The molecule has 1 heterocycles. The summed E-state index contributed by atoms with van der Waals surface area (Å²) in [6.07, 6.45) is 3.03. The fourth-order valence-electron chi connectivity index (χ4n) is 5.81. The van der Waals surface area contributed by atoms with Gasteiger partial charge in [-0.05, 0) is 74.8 Å². The van der Waals surface area contributed by atoms with Crippen molar-refractivity contribution in [3.63, 3.8) is 0 Å². The van der Waals surface area contributed by atoms with Crippen molar-refractivity contribution in [3.8, 4) is 11.1 Å². The fraction of sp³-hybridized carbons (Fsp3) is 0.448. The Labute approximate surface area is 243 Å². The van der Waals surface area contributed by atoms with E-state index in [9.17, 15) is 13.2 Å². The second-order valence-electron chi connectivity index (χ2n) is 10.8. The normalized spacial score (nSPS) is 21.7. The minimum absolute atomic E-state index is 0.0414. The van der Waals surface area contributed by atoms with Gasteiger partial charge in [0.25, 0.3) is 10.0 Å². The van der Waals surface area contributed by atoms with Gasteiger partial charge in [0.15, 0.2) is 5.82 Å². The number of rotatable bonds is 11. The highest BCUT2D eigenvalue weighted by Crippen LogP contribution is 2.56. The Morgan fingerprint density at radius 1 is 1.18 bits per heavy atom. The van der Waals surface area contributed by atoms with Crippen molar-refractivity contribution in [2.75, 3.05) is 25.2 Å². The average molecular weight is 632 g/mol. The van der Waals surface area contributed by atoms with Crippen LogP contribution in [0.3, 0.4) is 0 Å². The van der Waals surface area contributed by atoms with Crippen LogP contribution in [0.2, 0.25) is 0 Å². The molecule has 40 heavy (non-hydrogen) atoms. The number of fused-ring (bicyclic) bond motifs is 1. The fourth-order valence-corrected chi connectivity index (χ4v) is 7.86. The van der Waals surface area contributed by atoms with Crippen molar-refractivity contribution in [2.24, 2.45) is 11.8 Å². The molecule has 1 amide bonds. The Morgan fingerprint density at radius 3 is 2.52 bits per heavy atom. The zero-order chi connectivity index (χ0) is 28.7. The van der Waals surface area contributed by atoms with Crippen molar-refractivity contribution >= 4 is 37.7 Å². The summed E-state index contributed by atoms with van der Waals surface area (Å²) in [5.74, 6) is 2.12. The number of halogens is 1. The second kappa shape index (κ2) is 11.3. The van der Waals surface area contributed by atoms with Crippen LogP contribution in [0.4, 0.5) is 5.82 Å². The molecular weight excluding hydrogens is 596 g/mol. The van der Waals surface area contributed by atoms with Crippen LogP contribution in [0, 0.1) is 25.7 Å². The maximum atomic E-state index is 14.0. The van der Waals surface area contributed by atoms with Crippen LogP contribution in [-0.2, 0) is 31.4 Å². The molecule has 0 aliphatic heterocycles. The zero-order valence-electron chi connectivity index (χ0n) is 23.2. The average Bonchev–Trinajstić information content (AvgIpc) is 3.45. The Bertz CT molecular complexity index is 1510. The lowest BCUT2D eigenvalue weighted by Crippen LogP contribution is -2.54. The number of carbonyl (C=O) groups excluding carboxylic acids is 1. The van der Waals surface area contributed by atoms with E-state index in [-0.39, 0.29) is 23.4 Å². The lowest BCUT2D eigenvalue weighted by atomic mass is 9.92. The molecule has 2 N–H and O–H groups in total. The topological polar surface area (TPSA) is 114 Å². The first kappa shape index (κ1) is 28.8. The predicted molar refractivity (Wildman–Crippen MR) is 156 cm³/mol. The summed E-state index contributed by atoms with van der Waals surface area (Å²) in [5.41, 5.74) is 3.33.